The van der Waals surface area contributed by atoms with Crippen LogP contribution in [0.5, 0.6) is 0 Å². The van der Waals surface area contributed by atoms with E-state index in [0.717, 1.165) is 33.3 Å². The van der Waals surface area contributed by atoms with Gasteiger partial charge in [-0.25, -0.2) is 0 Å². The molecule has 0 saturated heterocycles. The summed E-state index contributed by atoms with van der Waals surface area (Å²) in [5, 5.41) is 4.74. The Morgan fingerprint density at radius 1 is 1.19 bits per heavy atom. The highest BCUT2D eigenvalue weighted by atomic mass is 35.5. The third kappa shape index (κ3) is 5.06. The molecule has 0 radical (unpaired) electrons. The Morgan fingerprint density at radius 3 is 2.38 bits per heavy atom. The molecule has 0 bridgehead atoms. The molecular weight excluding hydrogens is 338 g/mol. The monoisotopic (exact) mass is 375 g/mol. The van der Waals surface area contributed by atoms with Crippen molar-refractivity contribution >= 4 is 17.3 Å². The van der Waals surface area contributed by atoms with E-state index in [1.807, 2.05) is 0 Å². The molecule has 1 N–H and O–H groups in total. The summed E-state index contributed by atoms with van der Waals surface area (Å²) >= 11 is 6.49. The Kier molecular flexibility index (Phi) is 7.25. The zero-order valence-corrected chi connectivity index (χ0v) is 18.5. The van der Waals surface area contributed by atoms with Crippen LogP contribution < -0.4 is 5.32 Å². The van der Waals surface area contributed by atoms with Gasteiger partial charge in [-0.3, -0.25) is 0 Å². The van der Waals surface area contributed by atoms with Gasteiger partial charge in [0, 0.05) is 22.3 Å². The second-order valence-electron chi connectivity index (χ2n) is 9.14. The number of hydrogen-bond donors (Lipinski definition) is 1. The molecule has 2 atom stereocenters. The van der Waals surface area contributed by atoms with Crippen molar-refractivity contribution < 1.29 is 0 Å². The van der Waals surface area contributed by atoms with Crippen molar-refractivity contribution in [2.24, 2.45) is 17.3 Å². The van der Waals surface area contributed by atoms with Gasteiger partial charge < -0.3 is 5.32 Å². The van der Waals surface area contributed by atoms with Crippen LogP contribution in [-0.2, 0) is 0 Å². The second kappa shape index (κ2) is 8.83. The van der Waals surface area contributed by atoms with Gasteiger partial charge in [-0.1, -0.05) is 70.8 Å². The van der Waals surface area contributed by atoms with Crippen molar-refractivity contribution in [2.45, 2.75) is 86.1 Å². The average molecular weight is 376 g/mol. The maximum absolute atomic E-state index is 6.49. The first-order valence-electron chi connectivity index (χ1n) is 10.4. The van der Waals surface area contributed by atoms with Crippen LogP contribution in [0.4, 0.5) is 0 Å². The molecule has 26 heavy (non-hydrogen) atoms. The lowest BCUT2D eigenvalue weighted by atomic mass is 9.80. The highest BCUT2D eigenvalue weighted by Crippen LogP contribution is 2.52. The fraction of sp³-hybridized carbons (Fsp3) is 0.667. The number of nitrogens with one attached hydrogen (secondary N) is 1. The molecule has 1 saturated carbocycles. The Hall–Kier alpha value is -0.950. The molecule has 0 amide bonds. The van der Waals surface area contributed by atoms with E-state index in [1.54, 1.807) is 0 Å². The van der Waals surface area contributed by atoms with Gasteiger partial charge in [-0.05, 0) is 67.9 Å². The normalized spacial score (nSPS) is 17.8. The second-order valence-corrected chi connectivity index (χ2v) is 9.52. The van der Waals surface area contributed by atoms with Crippen molar-refractivity contribution in [3.63, 3.8) is 0 Å². The lowest BCUT2D eigenvalue weighted by Gasteiger charge is -2.35. The van der Waals surface area contributed by atoms with Gasteiger partial charge in [-0.2, -0.15) is 0 Å². The predicted molar refractivity (Wildman–Crippen MR) is 117 cm³/mol. The van der Waals surface area contributed by atoms with E-state index in [2.05, 4.69) is 65.6 Å². The highest BCUT2D eigenvalue weighted by molar-refractivity contribution is 6.32. The Balaban J connectivity index is 2.22. The zero-order chi connectivity index (χ0) is 19.5. The lowest BCUT2D eigenvalue weighted by molar-refractivity contribution is 0.239. The molecule has 0 heterocycles. The SMILES string of the molecule is C=C(NC(C(CCC)CCC(C)C)C1(C)CC1)c1ccc(C)c(Cl)c1C. The van der Waals surface area contributed by atoms with Gasteiger partial charge in [0.25, 0.3) is 0 Å². The average Bonchev–Trinajstić information content (AvgIpc) is 3.33. The van der Waals surface area contributed by atoms with E-state index in [9.17, 15) is 0 Å². The topological polar surface area (TPSA) is 12.0 Å². The first kappa shape index (κ1) is 21.4. The van der Waals surface area contributed by atoms with Crippen LogP contribution in [0.3, 0.4) is 0 Å². The number of aryl methyl sites for hydroxylation is 1. The standard InChI is InChI=1S/C24H38ClN/c1-8-9-20(12-10-16(2)3)23(24(7)14-15-24)26-19(6)21-13-11-17(4)22(25)18(21)5/h11,13,16,20,23,26H,6,8-10,12,14-15H2,1-5,7H3. The minimum atomic E-state index is 0.419. The summed E-state index contributed by atoms with van der Waals surface area (Å²) < 4.78 is 0. The minimum absolute atomic E-state index is 0.419. The summed E-state index contributed by atoms with van der Waals surface area (Å²) in [7, 11) is 0. The van der Waals surface area contributed by atoms with Gasteiger partial charge >= 0.3 is 0 Å². The fourth-order valence-electron chi connectivity index (χ4n) is 4.18. The van der Waals surface area contributed by atoms with Crippen LogP contribution in [0.1, 0.15) is 82.9 Å². The molecule has 1 aromatic rings. The smallest absolute Gasteiger partial charge is 0.0471 e. The fourth-order valence-corrected chi connectivity index (χ4v) is 4.34. The van der Waals surface area contributed by atoms with E-state index in [0.29, 0.717) is 17.4 Å². The van der Waals surface area contributed by atoms with E-state index in [-0.39, 0.29) is 0 Å². The lowest BCUT2D eigenvalue weighted by Crippen LogP contribution is -2.41. The Labute approximate surface area is 166 Å². The number of hydrogen-bond acceptors (Lipinski definition) is 1. The largest absolute Gasteiger partial charge is 0.381 e. The van der Waals surface area contributed by atoms with Crippen LogP contribution in [0.15, 0.2) is 18.7 Å². The Morgan fingerprint density at radius 2 is 1.85 bits per heavy atom. The van der Waals surface area contributed by atoms with E-state index in [4.69, 9.17) is 11.6 Å². The third-order valence-corrected chi connectivity index (χ3v) is 6.85. The summed E-state index contributed by atoms with van der Waals surface area (Å²) in [4.78, 5) is 0. The van der Waals surface area contributed by atoms with Crippen molar-refractivity contribution in [3.8, 4) is 0 Å². The third-order valence-electron chi connectivity index (χ3n) is 6.27. The van der Waals surface area contributed by atoms with Crippen LogP contribution in [0, 0.1) is 31.1 Å². The van der Waals surface area contributed by atoms with Crippen LogP contribution in [0.2, 0.25) is 5.02 Å². The molecule has 2 unspecified atom stereocenters. The van der Waals surface area contributed by atoms with Crippen molar-refractivity contribution in [1.29, 1.82) is 0 Å². The first-order chi connectivity index (χ1) is 12.2. The number of halogens is 1. The summed E-state index contributed by atoms with van der Waals surface area (Å²) in [6.07, 6.45) is 7.81. The quantitative estimate of drug-likeness (QED) is 0.445. The molecule has 2 heteroatoms. The molecule has 1 aliphatic carbocycles. The molecule has 2 rings (SSSR count). The van der Waals surface area contributed by atoms with Crippen molar-refractivity contribution in [1.82, 2.24) is 5.32 Å². The van der Waals surface area contributed by atoms with E-state index < -0.39 is 0 Å². The molecule has 1 fully saturated rings. The first-order valence-corrected chi connectivity index (χ1v) is 10.8. The molecule has 1 nitrogen and oxygen atoms in total. The predicted octanol–water partition coefficient (Wildman–Crippen LogP) is 7.54. The molecule has 0 aromatic heterocycles. The van der Waals surface area contributed by atoms with Crippen molar-refractivity contribution in [3.05, 3.63) is 40.4 Å². The maximum Gasteiger partial charge on any atom is 0.0471 e. The molecule has 0 spiro atoms. The summed E-state index contributed by atoms with van der Waals surface area (Å²) in [5.74, 6) is 1.48. The maximum atomic E-state index is 6.49. The van der Waals surface area contributed by atoms with Gasteiger partial charge in [0.05, 0.1) is 0 Å². The highest BCUT2D eigenvalue weighted by Gasteiger charge is 2.47. The van der Waals surface area contributed by atoms with Gasteiger partial charge in [0.2, 0.25) is 0 Å². The summed E-state index contributed by atoms with van der Waals surface area (Å²) in [5.41, 5.74) is 4.88. The van der Waals surface area contributed by atoms with E-state index in [1.165, 1.54) is 38.5 Å². The van der Waals surface area contributed by atoms with Gasteiger partial charge in [-0.15, -0.1) is 0 Å². The molecule has 146 valence electrons. The zero-order valence-electron chi connectivity index (χ0n) is 17.7. The molecule has 1 aliphatic rings. The molecule has 1 aromatic carbocycles. The van der Waals surface area contributed by atoms with Crippen molar-refractivity contribution in [2.75, 3.05) is 0 Å². The van der Waals surface area contributed by atoms with Gasteiger partial charge in [0.15, 0.2) is 0 Å². The summed E-state index contributed by atoms with van der Waals surface area (Å²) in [6, 6.07) is 4.78. The van der Waals surface area contributed by atoms with Crippen LogP contribution >= 0.6 is 11.6 Å². The van der Waals surface area contributed by atoms with Crippen LogP contribution in [0.25, 0.3) is 5.70 Å². The minimum Gasteiger partial charge on any atom is -0.381 e. The van der Waals surface area contributed by atoms with Crippen LogP contribution in [-0.4, -0.2) is 6.04 Å². The molecule has 0 aliphatic heterocycles. The van der Waals surface area contributed by atoms with Gasteiger partial charge in [0.1, 0.15) is 0 Å². The summed E-state index contributed by atoms with van der Waals surface area (Å²) in [6.45, 7) is 18.0. The number of benzene rings is 1. The molecular formula is C24H38ClN. The Bertz CT molecular complexity index is 627. The van der Waals surface area contributed by atoms with E-state index >= 15 is 0 Å². The number of rotatable bonds is 10.